The van der Waals surface area contributed by atoms with E-state index in [2.05, 4.69) is 17.2 Å². The third-order valence-electron chi connectivity index (χ3n) is 4.87. The summed E-state index contributed by atoms with van der Waals surface area (Å²) in [6.07, 6.45) is 1.47. The first-order valence-corrected chi connectivity index (χ1v) is 8.83. The van der Waals surface area contributed by atoms with Crippen LogP contribution >= 0.6 is 0 Å². The van der Waals surface area contributed by atoms with Crippen LogP contribution in [0.15, 0.2) is 30.4 Å². The van der Waals surface area contributed by atoms with Crippen molar-refractivity contribution < 1.29 is 14.4 Å². The molecular weight excluding hydrogens is 332 g/mol. The second-order valence-corrected chi connectivity index (χ2v) is 6.77. The Hall–Kier alpha value is -2.51. The van der Waals surface area contributed by atoms with E-state index in [1.807, 2.05) is 18.2 Å². The Morgan fingerprint density at radius 1 is 1.35 bits per heavy atom. The largest absolute Gasteiger partial charge is 0.327 e. The van der Waals surface area contributed by atoms with E-state index in [-0.39, 0.29) is 24.1 Å². The molecule has 2 heterocycles. The molecule has 1 saturated heterocycles. The Morgan fingerprint density at radius 3 is 2.88 bits per heavy atom. The van der Waals surface area contributed by atoms with Gasteiger partial charge in [-0.2, -0.15) is 0 Å². The molecule has 1 aromatic carbocycles. The summed E-state index contributed by atoms with van der Waals surface area (Å²) in [6, 6.07) is 5.24. The Kier molecular flexibility index (Phi) is 5.49. The van der Waals surface area contributed by atoms with Gasteiger partial charge in [-0.25, -0.2) is 0 Å². The molecule has 1 aromatic rings. The van der Waals surface area contributed by atoms with Gasteiger partial charge < -0.3 is 16.0 Å². The van der Waals surface area contributed by atoms with Crippen molar-refractivity contribution in [1.29, 1.82) is 0 Å². The van der Waals surface area contributed by atoms with Crippen molar-refractivity contribution in [1.82, 2.24) is 15.5 Å². The lowest BCUT2D eigenvalue weighted by Gasteiger charge is -2.29. The van der Waals surface area contributed by atoms with E-state index in [9.17, 15) is 14.4 Å². The second-order valence-electron chi connectivity index (χ2n) is 6.77. The van der Waals surface area contributed by atoms with Crippen molar-refractivity contribution in [3.05, 3.63) is 47.0 Å². The quantitative estimate of drug-likeness (QED) is 0.374. The SMILES string of the molecule is C=C(CN)CCNCc1ccc2c(c1)C(=O)N(C1CCC(=O)NC1=O)C2. The summed E-state index contributed by atoms with van der Waals surface area (Å²) in [5.41, 5.74) is 9.09. The first kappa shape index (κ1) is 18.3. The molecule has 0 aliphatic carbocycles. The molecule has 3 amide bonds. The van der Waals surface area contributed by atoms with E-state index in [1.54, 1.807) is 4.90 Å². The highest BCUT2D eigenvalue weighted by molar-refractivity contribution is 6.05. The van der Waals surface area contributed by atoms with Crippen LogP contribution in [-0.4, -0.2) is 41.8 Å². The number of hydrogen-bond donors (Lipinski definition) is 3. The fraction of sp³-hybridized carbons (Fsp3) is 0.421. The van der Waals surface area contributed by atoms with Gasteiger partial charge in [-0.1, -0.05) is 24.3 Å². The summed E-state index contributed by atoms with van der Waals surface area (Å²) < 4.78 is 0. The molecular formula is C19H24N4O3. The fourth-order valence-corrected chi connectivity index (χ4v) is 3.31. The van der Waals surface area contributed by atoms with Crippen molar-refractivity contribution >= 4 is 17.7 Å². The van der Waals surface area contributed by atoms with Gasteiger partial charge in [0.05, 0.1) is 0 Å². The van der Waals surface area contributed by atoms with E-state index in [0.29, 0.717) is 31.6 Å². The number of nitrogens with zero attached hydrogens (tertiary/aromatic N) is 1. The standard InChI is InChI=1S/C19H24N4O3/c1-12(9-20)6-7-21-10-13-2-3-14-11-23(19(26)15(14)8-13)16-4-5-17(24)22-18(16)25/h2-3,8,16,21H,1,4-7,9-11,20H2,(H,22,24,25). The number of piperidine rings is 1. The highest BCUT2D eigenvalue weighted by atomic mass is 16.2. The molecule has 4 N–H and O–H groups in total. The van der Waals surface area contributed by atoms with Crippen LogP contribution in [0.3, 0.4) is 0 Å². The summed E-state index contributed by atoms with van der Waals surface area (Å²) in [4.78, 5) is 37.7. The maximum Gasteiger partial charge on any atom is 0.255 e. The molecule has 0 saturated carbocycles. The molecule has 7 nitrogen and oxygen atoms in total. The van der Waals surface area contributed by atoms with Gasteiger partial charge in [0.15, 0.2) is 0 Å². The zero-order chi connectivity index (χ0) is 18.7. The number of nitrogens with two attached hydrogens (primary N) is 1. The number of benzene rings is 1. The zero-order valence-corrected chi connectivity index (χ0v) is 14.7. The van der Waals surface area contributed by atoms with Gasteiger partial charge in [0, 0.05) is 31.6 Å². The van der Waals surface area contributed by atoms with Crippen molar-refractivity contribution in [2.75, 3.05) is 13.1 Å². The van der Waals surface area contributed by atoms with Crippen LogP contribution in [0, 0.1) is 0 Å². The van der Waals surface area contributed by atoms with Crippen LogP contribution < -0.4 is 16.4 Å². The number of fused-ring (bicyclic) bond motifs is 1. The highest BCUT2D eigenvalue weighted by Gasteiger charge is 2.38. The molecule has 0 aromatic heterocycles. The number of imide groups is 1. The van der Waals surface area contributed by atoms with Gasteiger partial charge in [0.25, 0.3) is 5.91 Å². The maximum absolute atomic E-state index is 12.7. The molecule has 26 heavy (non-hydrogen) atoms. The van der Waals surface area contributed by atoms with Gasteiger partial charge in [-0.15, -0.1) is 0 Å². The lowest BCUT2D eigenvalue weighted by molar-refractivity contribution is -0.136. The molecule has 1 fully saturated rings. The number of carbonyl (C=O) groups is 3. The van der Waals surface area contributed by atoms with Crippen LogP contribution in [0.4, 0.5) is 0 Å². The molecule has 7 heteroatoms. The molecule has 0 spiro atoms. The Labute approximate surface area is 152 Å². The Morgan fingerprint density at radius 2 is 2.15 bits per heavy atom. The van der Waals surface area contributed by atoms with Crippen molar-refractivity contribution in [3.63, 3.8) is 0 Å². The molecule has 2 aliphatic heterocycles. The van der Waals surface area contributed by atoms with Gasteiger partial charge in [0.2, 0.25) is 11.8 Å². The normalized spacial score (nSPS) is 19.5. The summed E-state index contributed by atoms with van der Waals surface area (Å²) in [6.45, 7) is 6.20. The van der Waals surface area contributed by atoms with Crippen LogP contribution in [0.2, 0.25) is 0 Å². The maximum atomic E-state index is 12.7. The Bertz CT molecular complexity index is 759. The predicted octanol–water partition coefficient (Wildman–Crippen LogP) is 0.442. The molecule has 1 atom stereocenters. The first-order chi connectivity index (χ1) is 12.5. The summed E-state index contributed by atoms with van der Waals surface area (Å²) in [7, 11) is 0. The lowest BCUT2D eigenvalue weighted by atomic mass is 10.0. The summed E-state index contributed by atoms with van der Waals surface area (Å²) >= 11 is 0. The van der Waals surface area contributed by atoms with Crippen molar-refractivity contribution in [2.45, 2.75) is 38.4 Å². The highest BCUT2D eigenvalue weighted by Crippen LogP contribution is 2.28. The van der Waals surface area contributed by atoms with Crippen LogP contribution in [0.1, 0.15) is 40.7 Å². The molecule has 138 valence electrons. The fourth-order valence-electron chi connectivity index (χ4n) is 3.31. The third kappa shape index (κ3) is 3.84. The van der Waals surface area contributed by atoms with Gasteiger partial charge >= 0.3 is 0 Å². The van der Waals surface area contributed by atoms with E-state index in [0.717, 1.165) is 29.7 Å². The van der Waals surface area contributed by atoms with Crippen molar-refractivity contribution in [2.24, 2.45) is 5.73 Å². The van der Waals surface area contributed by atoms with E-state index < -0.39 is 6.04 Å². The minimum absolute atomic E-state index is 0.146. The second kappa shape index (κ2) is 7.80. The van der Waals surface area contributed by atoms with Gasteiger partial charge in [0.1, 0.15) is 6.04 Å². The number of carbonyl (C=O) groups excluding carboxylic acids is 3. The van der Waals surface area contributed by atoms with Crippen LogP contribution in [0.25, 0.3) is 0 Å². The van der Waals surface area contributed by atoms with Crippen LogP contribution in [-0.2, 0) is 22.7 Å². The summed E-state index contributed by atoms with van der Waals surface area (Å²) in [5.74, 6) is -0.807. The topological polar surface area (TPSA) is 105 Å². The number of nitrogens with one attached hydrogen (secondary N) is 2. The average molecular weight is 356 g/mol. The van der Waals surface area contributed by atoms with E-state index in [4.69, 9.17) is 5.73 Å². The van der Waals surface area contributed by atoms with E-state index >= 15 is 0 Å². The molecule has 0 radical (unpaired) electrons. The number of amides is 3. The minimum Gasteiger partial charge on any atom is -0.327 e. The zero-order valence-electron chi connectivity index (χ0n) is 14.7. The number of rotatable bonds is 7. The van der Waals surface area contributed by atoms with E-state index in [1.165, 1.54) is 0 Å². The third-order valence-corrected chi connectivity index (χ3v) is 4.87. The average Bonchev–Trinajstić information content (AvgIpc) is 2.95. The molecule has 1 unspecified atom stereocenters. The lowest BCUT2D eigenvalue weighted by Crippen LogP contribution is -2.52. The molecule has 0 bridgehead atoms. The first-order valence-electron chi connectivity index (χ1n) is 8.83. The molecule has 3 rings (SSSR count). The van der Waals surface area contributed by atoms with Crippen molar-refractivity contribution in [3.8, 4) is 0 Å². The van der Waals surface area contributed by atoms with Crippen LogP contribution in [0.5, 0.6) is 0 Å². The number of hydrogen-bond acceptors (Lipinski definition) is 5. The minimum atomic E-state index is -0.573. The smallest absolute Gasteiger partial charge is 0.255 e. The predicted molar refractivity (Wildman–Crippen MR) is 97.0 cm³/mol. The monoisotopic (exact) mass is 356 g/mol. The summed E-state index contributed by atoms with van der Waals surface area (Å²) in [5, 5.41) is 5.63. The molecule has 2 aliphatic rings. The Balaban J connectivity index is 1.62. The van der Waals surface area contributed by atoms with Gasteiger partial charge in [-0.05, 0) is 36.6 Å². The van der Waals surface area contributed by atoms with Gasteiger partial charge in [-0.3, -0.25) is 19.7 Å².